The highest BCUT2D eigenvalue weighted by Gasteiger charge is 2.30. The van der Waals surface area contributed by atoms with Crippen LogP contribution in [0, 0.1) is 11.8 Å². The standard InChI is InChI=1S/C18H34N4O.2C2H6/c1-19-7-3-16(4-8-19)17-5-9-22(10-6-17)18(23)15-21-13-11-20(2)12-14-21;2*1-2/h16-17H,3-15H2,1-2H3;2*1-2H3. The van der Waals surface area contributed by atoms with Crippen LogP contribution in [0.4, 0.5) is 0 Å². The van der Waals surface area contributed by atoms with E-state index in [2.05, 4.69) is 33.7 Å². The molecular formula is C22H46N4O. The van der Waals surface area contributed by atoms with Gasteiger partial charge in [-0.1, -0.05) is 27.7 Å². The van der Waals surface area contributed by atoms with E-state index < -0.39 is 0 Å². The fourth-order valence-electron chi connectivity index (χ4n) is 4.42. The Labute approximate surface area is 169 Å². The Balaban J connectivity index is 0.000000855. The molecule has 0 aliphatic carbocycles. The summed E-state index contributed by atoms with van der Waals surface area (Å²) < 4.78 is 0. The lowest BCUT2D eigenvalue weighted by atomic mass is 9.79. The van der Waals surface area contributed by atoms with E-state index in [0.717, 1.165) is 51.1 Å². The van der Waals surface area contributed by atoms with Gasteiger partial charge in [-0.05, 0) is 64.7 Å². The molecule has 0 atom stereocenters. The average molecular weight is 383 g/mol. The number of rotatable bonds is 3. The smallest absolute Gasteiger partial charge is 0.236 e. The molecule has 0 radical (unpaired) electrons. The first-order valence-electron chi connectivity index (χ1n) is 11.5. The van der Waals surface area contributed by atoms with Crippen molar-refractivity contribution in [2.45, 2.75) is 53.4 Å². The lowest BCUT2D eigenvalue weighted by Crippen LogP contribution is -2.50. The van der Waals surface area contributed by atoms with E-state index in [4.69, 9.17) is 0 Å². The summed E-state index contributed by atoms with van der Waals surface area (Å²) in [5.41, 5.74) is 0. The molecule has 3 aliphatic heterocycles. The minimum atomic E-state index is 0.358. The Morgan fingerprint density at radius 3 is 1.56 bits per heavy atom. The van der Waals surface area contributed by atoms with Gasteiger partial charge in [0.25, 0.3) is 0 Å². The highest BCUT2D eigenvalue weighted by atomic mass is 16.2. The van der Waals surface area contributed by atoms with E-state index in [1.807, 2.05) is 27.7 Å². The van der Waals surface area contributed by atoms with Crippen LogP contribution in [-0.4, -0.2) is 98.5 Å². The number of likely N-dealkylation sites (N-methyl/N-ethyl adjacent to an activating group) is 1. The first-order chi connectivity index (χ1) is 13.1. The van der Waals surface area contributed by atoms with E-state index in [1.165, 1.54) is 38.8 Å². The van der Waals surface area contributed by atoms with Gasteiger partial charge in [-0.3, -0.25) is 9.69 Å². The first kappa shape index (κ1) is 24.4. The molecular weight excluding hydrogens is 336 g/mol. The summed E-state index contributed by atoms with van der Waals surface area (Å²) in [5.74, 6) is 2.12. The lowest BCUT2D eigenvalue weighted by Gasteiger charge is -2.40. The molecule has 3 fully saturated rings. The normalized spacial score (nSPS) is 23.9. The molecule has 0 bridgehead atoms. The molecule has 5 nitrogen and oxygen atoms in total. The van der Waals surface area contributed by atoms with E-state index in [0.29, 0.717) is 12.5 Å². The Kier molecular flexibility index (Phi) is 12.2. The quantitative estimate of drug-likeness (QED) is 0.751. The SMILES string of the molecule is CC.CC.CN1CCC(C2CCN(C(=O)CN3CCN(C)CC3)CC2)CC1. The van der Waals surface area contributed by atoms with Gasteiger partial charge in [0.05, 0.1) is 6.54 Å². The first-order valence-corrected chi connectivity index (χ1v) is 11.5. The second-order valence-corrected chi connectivity index (χ2v) is 7.94. The zero-order valence-electron chi connectivity index (χ0n) is 19.0. The minimum Gasteiger partial charge on any atom is -0.342 e. The fraction of sp³-hybridized carbons (Fsp3) is 0.955. The van der Waals surface area contributed by atoms with Gasteiger partial charge in [-0.25, -0.2) is 0 Å². The minimum absolute atomic E-state index is 0.358. The maximum absolute atomic E-state index is 12.5. The van der Waals surface area contributed by atoms with Crippen molar-refractivity contribution in [3.05, 3.63) is 0 Å². The Hall–Kier alpha value is -0.650. The zero-order chi connectivity index (χ0) is 20.2. The highest BCUT2D eigenvalue weighted by molar-refractivity contribution is 5.78. The van der Waals surface area contributed by atoms with Crippen LogP contribution < -0.4 is 0 Å². The molecule has 0 spiro atoms. The summed E-state index contributed by atoms with van der Waals surface area (Å²) in [6.07, 6.45) is 5.17. The maximum atomic E-state index is 12.5. The average Bonchev–Trinajstić information content (AvgIpc) is 2.73. The van der Waals surface area contributed by atoms with Gasteiger partial charge in [0.2, 0.25) is 5.91 Å². The van der Waals surface area contributed by atoms with E-state index in [1.54, 1.807) is 0 Å². The number of carbonyl (C=O) groups is 1. The van der Waals surface area contributed by atoms with Crippen LogP contribution in [0.5, 0.6) is 0 Å². The van der Waals surface area contributed by atoms with E-state index >= 15 is 0 Å². The van der Waals surface area contributed by atoms with Gasteiger partial charge in [0.1, 0.15) is 0 Å². The van der Waals surface area contributed by atoms with Gasteiger partial charge in [-0.2, -0.15) is 0 Å². The second-order valence-electron chi connectivity index (χ2n) is 7.94. The van der Waals surface area contributed by atoms with Crippen molar-refractivity contribution in [3.63, 3.8) is 0 Å². The molecule has 1 amide bonds. The van der Waals surface area contributed by atoms with E-state index in [9.17, 15) is 4.79 Å². The second kappa shape index (κ2) is 13.5. The van der Waals surface area contributed by atoms with Gasteiger partial charge in [0, 0.05) is 39.3 Å². The third kappa shape index (κ3) is 8.08. The molecule has 0 saturated carbocycles. The molecule has 3 aliphatic rings. The molecule has 5 heteroatoms. The predicted molar refractivity (Wildman–Crippen MR) is 116 cm³/mol. The number of hydrogen-bond acceptors (Lipinski definition) is 4. The zero-order valence-corrected chi connectivity index (χ0v) is 19.0. The molecule has 0 unspecified atom stereocenters. The van der Waals surface area contributed by atoms with Crippen molar-refractivity contribution in [3.8, 4) is 0 Å². The predicted octanol–water partition coefficient (Wildman–Crippen LogP) is 2.87. The number of nitrogens with zero attached hydrogens (tertiary/aromatic N) is 4. The topological polar surface area (TPSA) is 30.0 Å². The summed E-state index contributed by atoms with van der Waals surface area (Å²) >= 11 is 0. The number of carbonyl (C=O) groups excluding carboxylic acids is 1. The summed E-state index contributed by atoms with van der Waals surface area (Å²) in [4.78, 5) is 21.8. The van der Waals surface area contributed by atoms with E-state index in [-0.39, 0.29) is 0 Å². The summed E-state index contributed by atoms with van der Waals surface area (Å²) in [6, 6.07) is 0. The summed E-state index contributed by atoms with van der Waals surface area (Å²) in [5, 5.41) is 0. The summed E-state index contributed by atoms with van der Waals surface area (Å²) in [7, 11) is 4.39. The van der Waals surface area contributed by atoms with Gasteiger partial charge < -0.3 is 14.7 Å². The Bertz CT molecular complexity index is 380. The van der Waals surface area contributed by atoms with Crippen LogP contribution in [0.15, 0.2) is 0 Å². The number of piperazine rings is 1. The van der Waals surface area contributed by atoms with Crippen LogP contribution in [-0.2, 0) is 4.79 Å². The molecule has 3 saturated heterocycles. The Morgan fingerprint density at radius 1 is 0.667 bits per heavy atom. The lowest BCUT2D eigenvalue weighted by molar-refractivity contribution is -0.134. The largest absolute Gasteiger partial charge is 0.342 e. The van der Waals surface area contributed by atoms with Crippen LogP contribution >= 0.6 is 0 Å². The maximum Gasteiger partial charge on any atom is 0.236 e. The molecule has 0 aromatic carbocycles. The summed E-state index contributed by atoms with van der Waals surface area (Å²) in [6.45, 7) is 17.4. The van der Waals surface area contributed by atoms with Crippen molar-refractivity contribution < 1.29 is 4.79 Å². The molecule has 0 N–H and O–H groups in total. The van der Waals surface area contributed by atoms with Crippen molar-refractivity contribution in [1.29, 1.82) is 0 Å². The molecule has 160 valence electrons. The number of likely N-dealkylation sites (tertiary alicyclic amines) is 2. The number of amides is 1. The highest BCUT2D eigenvalue weighted by Crippen LogP contribution is 2.32. The van der Waals surface area contributed by atoms with Gasteiger partial charge >= 0.3 is 0 Å². The van der Waals surface area contributed by atoms with Crippen molar-refractivity contribution in [2.75, 3.05) is 73.0 Å². The Morgan fingerprint density at radius 2 is 1.07 bits per heavy atom. The third-order valence-electron chi connectivity index (χ3n) is 6.28. The molecule has 0 aromatic heterocycles. The third-order valence-corrected chi connectivity index (χ3v) is 6.28. The van der Waals surface area contributed by atoms with Crippen molar-refractivity contribution in [2.24, 2.45) is 11.8 Å². The van der Waals surface area contributed by atoms with Crippen LogP contribution in [0.3, 0.4) is 0 Å². The molecule has 3 rings (SSSR count). The van der Waals surface area contributed by atoms with Crippen LogP contribution in [0.2, 0.25) is 0 Å². The monoisotopic (exact) mass is 382 g/mol. The van der Waals surface area contributed by atoms with Gasteiger partial charge in [0.15, 0.2) is 0 Å². The van der Waals surface area contributed by atoms with Crippen LogP contribution in [0.1, 0.15) is 53.4 Å². The number of piperidine rings is 2. The molecule has 3 heterocycles. The van der Waals surface area contributed by atoms with Gasteiger partial charge in [-0.15, -0.1) is 0 Å². The molecule has 27 heavy (non-hydrogen) atoms. The van der Waals surface area contributed by atoms with Crippen molar-refractivity contribution in [1.82, 2.24) is 19.6 Å². The van der Waals surface area contributed by atoms with Crippen LogP contribution in [0.25, 0.3) is 0 Å². The fourth-order valence-corrected chi connectivity index (χ4v) is 4.42. The van der Waals surface area contributed by atoms with Crippen molar-refractivity contribution >= 4 is 5.91 Å². The number of hydrogen-bond donors (Lipinski definition) is 0. The molecule has 0 aromatic rings.